The van der Waals surface area contributed by atoms with Crippen LogP contribution in [0.2, 0.25) is 0 Å². The van der Waals surface area contributed by atoms with E-state index in [1.165, 1.54) is 17.3 Å². The van der Waals surface area contributed by atoms with Crippen LogP contribution in [0.4, 0.5) is 11.4 Å². The van der Waals surface area contributed by atoms with Crippen molar-refractivity contribution in [3.63, 3.8) is 0 Å². The molecule has 0 bridgehead atoms. The summed E-state index contributed by atoms with van der Waals surface area (Å²) in [5, 5.41) is 0. The van der Waals surface area contributed by atoms with Crippen LogP contribution in [-0.2, 0) is 4.79 Å². The van der Waals surface area contributed by atoms with Crippen molar-refractivity contribution >= 4 is 45.6 Å². The number of benzene rings is 2. The van der Waals surface area contributed by atoms with E-state index in [9.17, 15) is 4.79 Å². The Kier molecular flexibility index (Phi) is 7.49. The number of ether oxygens (including phenoxy) is 1. The number of hydrogen-bond acceptors (Lipinski definition) is 5. The summed E-state index contributed by atoms with van der Waals surface area (Å²) >= 11 is 6.71. The third-order valence-electron chi connectivity index (χ3n) is 4.53. The third-order valence-corrected chi connectivity index (χ3v) is 5.85. The number of carbonyl (C=O) groups is 1. The lowest BCUT2D eigenvalue weighted by Gasteiger charge is -2.18. The number of thiocarbonyl (C=S) groups is 1. The zero-order valence-electron chi connectivity index (χ0n) is 17.2. The highest BCUT2D eigenvalue weighted by Crippen LogP contribution is 2.35. The maximum absolute atomic E-state index is 12.8. The molecule has 0 spiro atoms. The van der Waals surface area contributed by atoms with Gasteiger partial charge in [-0.15, -0.1) is 0 Å². The molecule has 1 heterocycles. The fourth-order valence-electron chi connectivity index (χ4n) is 2.98. The molecule has 2 aromatic rings. The van der Waals surface area contributed by atoms with E-state index in [1.54, 1.807) is 18.1 Å². The summed E-state index contributed by atoms with van der Waals surface area (Å²) in [5.41, 5.74) is 3.12. The number of thioether (sulfide) groups is 1. The Morgan fingerprint density at radius 1 is 1.13 bits per heavy atom. The van der Waals surface area contributed by atoms with Crippen molar-refractivity contribution in [1.29, 1.82) is 0 Å². The Morgan fingerprint density at radius 2 is 1.90 bits per heavy atom. The van der Waals surface area contributed by atoms with Gasteiger partial charge in [0.05, 0.1) is 17.7 Å². The molecule has 0 radical (unpaired) electrons. The van der Waals surface area contributed by atoms with Crippen LogP contribution in [0.25, 0.3) is 0 Å². The Morgan fingerprint density at radius 3 is 2.57 bits per heavy atom. The predicted octanol–water partition coefficient (Wildman–Crippen LogP) is 5.85. The number of nitrogens with zero attached hydrogens (tertiary/aromatic N) is 2. The van der Waals surface area contributed by atoms with E-state index in [2.05, 4.69) is 43.0 Å². The molecule has 6 heteroatoms. The molecule has 0 saturated carbocycles. The van der Waals surface area contributed by atoms with Crippen molar-refractivity contribution in [3.8, 4) is 5.75 Å². The molecule has 0 unspecified atom stereocenters. The van der Waals surface area contributed by atoms with Crippen molar-refractivity contribution in [2.75, 3.05) is 23.5 Å². The van der Waals surface area contributed by atoms with E-state index in [4.69, 9.17) is 17.0 Å². The summed E-state index contributed by atoms with van der Waals surface area (Å²) in [7, 11) is 1.61. The molecule has 1 aliphatic rings. The van der Waals surface area contributed by atoms with E-state index in [-0.39, 0.29) is 5.91 Å². The standard InChI is InChI=1S/C24H24N2O2S2/c1-4-25(20-10-8-9-18(2)17-20)16-7-5-6-11-22-23(27)26(24(29)30-22)19-12-14-21(28-3)15-13-19/h5-17H,4H2,1-3H3/b6-5+,16-7+,22-11-. The third kappa shape index (κ3) is 5.20. The second-order valence-corrected chi connectivity index (χ2v) is 8.26. The van der Waals surface area contributed by atoms with Crippen LogP contribution < -0.4 is 14.5 Å². The van der Waals surface area contributed by atoms with Crippen LogP contribution >= 0.6 is 24.0 Å². The van der Waals surface area contributed by atoms with Gasteiger partial charge in [-0.3, -0.25) is 9.69 Å². The van der Waals surface area contributed by atoms with E-state index >= 15 is 0 Å². The first-order valence-corrected chi connectivity index (χ1v) is 10.8. The van der Waals surface area contributed by atoms with E-state index in [0.29, 0.717) is 9.23 Å². The van der Waals surface area contributed by atoms with Gasteiger partial charge in [-0.2, -0.15) is 0 Å². The summed E-state index contributed by atoms with van der Waals surface area (Å²) in [4.78, 5) is 17.1. The topological polar surface area (TPSA) is 32.8 Å². The first kappa shape index (κ1) is 21.9. The average Bonchev–Trinajstić information content (AvgIpc) is 3.04. The maximum Gasteiger partial charge on any atom is 0.270 e. The molecule has 1 fully saturated rings. The largest absolute Gasteiger partial charge is 0.497 e. The Bertz CT molecular complexity index is 1010. The Balaban J connectivity index is 1.66. The van der Waals surface area contributed by atoms with Gasteiger partial charge in [-0.05, 0) is 68.0 Å². The van der Waals surface area contributed by atoms with Gasteiger partial charge in [-0.1, -0.05) is 48.3 Å². The average molecular weight is 437 g/mol. The minimum absolute atomic E-state index is 0.112. The van der Waals surface area contributed by atoms with Crippen molar-refractivity contribution in [1.82, 2.24) is 0 Å². The summed E-state index contributed by atoms with van der Waals surface area (Å²) in [6.07, 6.45) is 9.57. The fraction of sp³-hybridized carbons (Fsp3) is 0.167. The van der Waals surface area contributed by atoms with Crippen LogP contribution in [-0.4, -0.2) is 23.9 Å². The molecular weight excluding hydrogens is 412 g/mol. The van der Waals surface area contributed by atoms with E-state index < -0.39 is 0 Å². The first-order chi connectivity index (χ1) is 14.5. The molecule has 2 aromatic carbocycles. The van der Waals surface area contributed by atoms with Gasteiger partial charge < -0.3 is 9.64 Å². The number of rotatable bonds is 7. The molecule has 30 heavy (non-hydrogen) atoms. The molecule has 1 saturated heterocycles. The molecule has 4 nitrogen and oxygen atoms in total. The predicted molar refractivity (Wildman–Crippen MR) is 131 cm³/mol. The first-order valence-electron chi connectivity index (χ1n) is 9.62. The molecule has 3 rings (SSSR count). The normalized spacial score (nSPS) is 15.7. The number of amides is 1. The molecule has 1 aliphatic heterocycles. The Hall–Kier alpha value is -2.83. The van der Waals surface area contributed by atoms with Crippen LogP contribution in [0.5, 0.6) is 5.75 Å². The quantitative estimate of drug-likeness (QED) is 0.309. The van der Waals surface area contributed by atoms with Crippen molar-refractivity contribution < 1.29 is 9.53 Å². The van der Waals surface area contributed by atoms with Gasteiger partial charge in [0.1, 0.15) is 5.75 Å². The fourth-order valence-corrected chi connectivity index (χ4v) is 4.23. The van der Waals surface area contributed by atoms with Crippen molar-refractivity contribution in [2.24, 2.45) is 0 Å². The molecule has 1 amide bonds. The van der Waals surface area contributed by atoms with Crippen LogP contribution in [0, 0.1) is 6.92 Å². The lowest BCUT2D eigenvalue weighted by molar-refractivity contribution is -0.113. The van der Waals surface area contributed by atoms with E-state index in [0.717, 1.165) is 23.7 Å². The van der Waals surface area contributed by atoms with Crippen LogP contribution in [0.1, 0.15) is 12.5 Å². The minimum atomic E-state index is -0.112. The van der Waals surface area contributed by atoms with E-state index in [1.807, 2.05) is 48.7 Å². The second kappa shape index (κ2) is 10.3. The van der Waals surface area contributed by atoms with Gasteiger partial charge in [-0.25, -0.2) is 0 Å². The highest BCUT2D eigenvalue weighted by molar-refractivity contribution is 8.27. The summed E-state index contributed by atoms with van der Waals surface area (Å²) < 4.78 is 5.69. The molecular formula is C24H24N2O2S2. The molecule has 0 aromatic heterocycles. The number of aryl methyl sites for hydroxylation is 1. The van der Waals surface area contributed by atoms with Crippen LogP contribution in [0.3, 0.4) is 0 Å². The van der Waals surface area contributed by atoms with Crippen molar-refractivity contribution in [3.05, 3.63) is 89.5 Å². The van der Waals surface area contributed by atoms with Gasteiger partial charge in [0, 0.05) is 18.4 Å². The number of methoxy groups -OCH3 is 1. The lowest BCUT2D eigenvalue weighted by Crippen LogP contribution is -2.27. The summed E-state index contributed by atoms with van der Waals surface area (Å²) in [5.74, 6) is 0.625. The monoisotopic (exact) mass is 436 g/mol. The van der Waals surface area contributed by atoms with Crippen molar-refractivity contribution in [2.45, 2.75) is 13.8 Å². The van der Waals surface area contributed by atoms with Gasteiger partial charge in [0.25, 0.3) is 5.91 Å². The summed E-state index contributed by atoms with van der Waals surface area (Å²) in [6, 6.07) is 15.7. The lowest BCUT2D eigenvalue weighted by atomic mass is 10.2. The Labute approximate surface area is 187 Å². The zero-order chi connectivity index (χ0) is 21.5. The number of allylic oxidation sites excluding steroid dienone is 4. The smallest absolute Gasteiger partial charge is 0.270 e. The zero-order valence-corrected chi connectivity index (χ0v) is 18.9. The van der Waals surface area contributed by atoms with Gasteiger partial charge >= 0.3 is 0 Å². The molecule has 154 valence electrons. The number of anilines is 2. The van der Waals surface area contributed by atoms with Crippen LogP contribution in [0.15, 0.2) is 83.9 Å². The highest BCUT2D eigenvalue weighted by atomic mass is 32.2. The second-order valence-electron chi connectivity index (χ2n) is 6.59. The number of hydrogen-bond donors (Lipinski definition) is 0. The SMILES string of the molecule is CCN(/C=C/C=C/C=C1\SC(=S)N(c2ccc(OC)cc2)C1=O)c1cccc(C)c1. The minimum Gasteiger partial charge on any atom is -0.497 e. The van der Waals surface area contributed by atoms with Gasteiger partial charge in [0.2, 0.25) is 0 Å². The van der Waals surface area contributed by atoms with Gasteiger partial charge in [0.15, 0.2) is 4.32 Å². The maximum atomic E-state index is 12.8. The molecule has 0 atom stereocenters. The molecule has 0 N–H and O–H groups in total. The number of carbonyl (C=O) groups excluding carboxylic acids is 1. The summed E-state index contributed by atoms with van der Waals surface area (Å²) in [6.45, 7) is 5.07. The molecule has 0 aliphatic carbocycles. The highest BCUT2D eigenvalue weighted by Gasteiger charge is 2.32.